The summed E-state index contributed by atoms with van der Waals surface area (Å²) in [5.41, 5.74) is 0.147. The van der Waals surface area contributed by atoms with Gasteiger partial charge in [-0.3, -0.25) is 9.78 Å². The van der Waals surface area contributed by atoms with E-state index < -0.39 is 46.6 Å². The van der Waals surface area contributed by atoms with Crippen LogP contribution in [0.1, 0.15) is 46.2 Å². The number of hydrogen-bond donors (Lipinski definition) is 0. The number of ether oxygens (including phenoxy) is 1. The molecule has 1 aromatic heterocycles. The minimum absolute atomic E-state index is 0.00135. The normalized spacial score (nSPS) is 15.4. The molecule has 0 aliphatic carbocycles. The third kappa shape index (κ3) is 7.23. The van der Waals surface area contributed by atoms with Gasteiger partial charge in [-0.2, -0.15) is 17.6 Å². The minimum Gasteiger partial charge on any atom is -0.466 e. The third-order valence-electron chi connectivity index (χ3n) is 3.30. The Balaban J connectivity index is 3.22. The van der Waals surface area contributed by atoms with Crippen LogP contribution in [0.2, 0.25) is 0 Å². The first-order chi connectivity index (χ1) is 11.9. The van der Waals surface area contributed by atoms with Gasteiger partial charge in [-0.05, 0) is 39.8 Å². The van der Waals surface area contributed by atoms with Crippen LogP contribution in [0, 0.1) is 5.92 Å². The van der Waals surface area contributed by atoms with Gasteiger partial charge in [0.05, 0.1) is 35.1 Å². The molecule has 0 aromatic carbocycles. The van der Waals surface area contributed by atoms with Crippen molar-refractivity contribution in [1.82, 2.24) is 4.98 Å². The number of esters is 1. The van der Waals surface area contributed by atoms with E-state index in [9.17, 15) is 22.2 Å². The van der Waals surface area contributed by atoms with E-state index in [1.807, 2.05) is 0 Å². The lowest BCUT2D eigenvalue weighted by Gasteiger charge is -2.21. The smallest absolute Gasteiger partial charge is 0.392 e. The van der Waals surface area contributed by atoms with Gasteiger partial charge in [-0.25, -0.2) is 4.21 Å². The maximum Gasteiger partial charge on any atom is 0.392 e. The van der Waals surface area contributed by atoms with Crippen LogP contribution in [0.25, 0.3) is 0 Å². The number of carbonyl (C=O) groups is 1. The molecule has 0 aliphatic heterocycles. The summed E-state index contributed by atoms with van der Waals surface area (Å²) in [6.07, 6.45) is -4.66. The second kappa shape index (κ2) is 9.25. The van der Waals surface area contributed by atoms with Crippen LogP contribution in [-0.2, 0) is 20.5 Å². The zero-order chi connectivity index (χ0) is 20.0. The maximum atomic E-state index is 13.4. The Kier molecular flexibility index (Phi) is 7.92. The van der Waals surface area contributed by atoms with Crippen molar-refractivity contribution in [2.75, 3.05) is 6.61 Å². The summed E-state index contributed by atoms with van der Waals surface area (Å²) < 4.78 is 60.4. The molecule has 0 unspecified atom stereocenters. The molecule has 0 spiro atoms. The van der Waals surface area contributed by atoms with Crippen molar-refractivity contribution in [3.05, 3.63) is 30.1 Å². The van der Waals surface area contributed by atoms with Gasteiger partial charge in [0.1, 0.15) is 11.0 Å². The van der Waals surface area contributed by atoms with E-state index in [0.717, 1.165) is 0 Å². The molecule has 0 bridgehead atoms. The molecule has 0 saturated carbocycles. The summed E-state index contributed by atoms with van der Waals surface area (Å²) in [6, 6.07) is 4.71. The SMILES string of the molecule is CCOC(=O)C[C@H](C/C(=N/[S@](=O)C(C)(C)C)c1ccccn1)C(F)(F)F. The minimum atomic E-state index is -4.63. The summed E-state index contributed by atoms with van der Waals surface area (Å²) in [5, 5.41) is 0. The fraction of sp³-hybridized carbons (Fsp3) is 0.588. The number of halogens is 3. The van der Waals surface area contributed by atoms with Gasteiger partial charge < -0.3 is 4.74 Å². The van der Waals surface area contributed by atoms with Crippen molar-refractivity contribution >= 4 is 22.7 Å². The highest BCUT2D eigenvalue weighted by Gasteiger charge is 2.42. The average molecular weight is 392 g/mol. The fourth-order valence-electron chi connectivity index (χ4n) is 1.92. The van der Waals surface area contributed by atoms with Gasteiger partial charge in [0.2, 0.25) is 0 Å². The van der Waals surface area contributed by atoms with Crippen molar-refractivity contribution in [3.63, 3.8) is 0 Å². The number of carbonyl (C=O) groups excluding carboxylic acids is 1. The van der Waals surface area contributed by atoms with Crippen molar-refractivity contribution in [1.29, 1.82) is 0 Å². The number of rotatable bonds is 7. The zero-order valence-electron chi connectivity index (χ0n) is 15.2. The van der Waals surface area contributed by atoms with Crippen LogP contribution in [-0.4, -0.2) is 38.4 Å². The standard InChI is InChI=1S/C17H23F3N2O3S/c1-5-25-15(23)11-12(17(18,19)20)10-14(13-8-6-7-9-21-13)22-26(24)16(2,3)4/h6-9,12H,5,10-11H2,1-4H3/b22-14-/t12-,26+/m0/s1. The van der Waals surface area contributed by atoms with E-state index in [2.05, 4.69) is 14.1 Å². The molecular weight excluding hydrogens is 369 g/mol. The highest BCUT2D eigenvalue weighted by molar-refractivity contribution is 7.85. The molecule has 0 N–H and O–H groups in total. The van der Waals surface area contributed by atoms with Crippen molar-refractivity contribution in [2.45, 2.75) is 51.5 Å². The summed E-state index contributed by atoms with van der Waals surface area (Å²) in [4.78, 5) is 15.6. The van der Waals surface area contributed by atoms with Crippen LogP contribution in [0.3, 0.4) is 0 Å². The lowest BCUT2D eigenvalue weighted by Crippen LogP contribution is -2.30. The summed E-state index contributed by atoms with van der Waals surface area (Å²) in [6.45, 7) is 6.53. The molecule has 1 heterocycles. The molecular formula is C17H23F3N2O3S. The molecule has 0 amide bonds. The molecule has 0 aliphatic rings. The molecule has 9 heteroatoms. The van der Waals surface area contributed by atoms with E-state index >= 15 is 0 Å². The zero-order valence-corrected chi connectivity index (χ0v) is 16.0. The second-order valence-electron chi connectivity index (χ2n) is 6.57. The first-order valence-electron chi connectivity index (χ1n) is 8.08. The molecule has 5 nitrogen and oxygen atoms in total. The largest absolute Gasteiger partial charge is 0.466 e. The lowest BCUT2D eigenvalue weighted by atomic mass is 9.96. The van der Waals surface area contributed by atoms with Crippen LogP contribution in [0.15, 0.2) is 28.8 Å². The predicted molar refractivity (Wildman–Crippen MR) is 94.1 cm³/mol. The molecule has 26 heavy (non-hydrogen) atoms. The van der Waals surface area contributed by atoms with Gasteiger partial charge in [0.15, 0.2) is 0 Å². The fourth-order valence-corrected chi connectivity index (χ4v) is 2.56. The Labute approximate surface area is 153 Å². The third-order valence-corrected chi connectivity index (χ3v) is 4.73. The molecule has 146 valence electrons. The molecule has 2 atom stereocenters. The number of pyridine rings is 1. The van der Waals surface area contributed by atoms with Crippen LogP contribution in [0.5, 0.6) is 0 Å². The first-order valence-corrected chi connectivity index (χ1v) is 9.19. The van der Waals surface area contributed by atoms with Gasteiger partial charge in [0, 0.05) is 12.6 Å². The monoisotopic (exact) mass is 392 g/mol. The Bertz CT molecular complexity index is 655. The molecule has 1 aromatic rings. The number of nitrogens with zero attached hydrogens (tertiary/aromatic N) is 2. The Morgan fingerprint density at radius 2 is 1.92 bits per heavy atom. The second-order valence-corrected chi connectivity index (χ2v) is 8.47. The summed E-state index contributed by atoms with van der Waals surface area (Å²) in [5.74, 6) is -2.94. The Morgan fingerprint density at radius 1 is 1.27 bits per heavy atom. The first kappa shape index (κ1) is 22.3. The Morgan fingerprint density at radius 3 is 2.38 bits per heavy atom. The van der Waals surface area contributed by atoms with Crippen molar-refractivity contribution in [3.8, 4) is 0 Å². The summed E-state index contributed by atoms with van der Waals surface area (Å²) >= 11 is 0. The number of aromatic nitrogens is 1. The highest BCUT2D eigenvalue weighted by atomic mass is 32.2. The van der Waals surface area contributed by atoms with E-state index in [1.165, 1.54) is 19.2 Å². The number of alkyl halides is 3. The van der Waals surface area contributed by atoms with E-state index in [-0.39, 0.29) is 18.0 Å². The van der Waals surface area contributed by atoms with Crippen LogP contribution < -0.4 is 0 Å². The van der Waals surface area contributed by atoms with Gasteiger partial charge in [0.25, 0.3) is 0 Å². The summed E-state index contributed by atoms with van der Waals surface area (Å²) in [7, 11) is -1.76. The Hall–Kier alpha value is -1.77. The maximum absolute atomic E-state index is 13.4. The van der Waals surface area contributed by atoms with Crippen molar-refractivity contribution < 1.29 is 26.9 Å². The molecule has 0 radical (unpaired) electrons. The van der Waals surface area contributed by atoms with E-state index in [0.29, 0.717) is 0 Å². The van der Waals surface area contributed by atoms with Crippen LogP contribution >= 0.6 is 0 Å². The highest BCUT2D eigenvalue weighted by Crippen LogP contribution is 2.33. The van der Waals surface area contributed by atoms with Gasteiger partial charge in [-0.15, -0.1) is 0 Å². The molecule has 0 saturated heterocycles. The molecule has 0 fully saturated rings. The molecule has 1 rings (SSSR count). The predicted octanol–water partition coefficient (Wildman–Crippen LogP) is 3.85. The van der Waals surface area contributed by atoms with Crippen LogP contribution in [0.4, 0.5) is 13.2 Å². The van der Waals surface area contributed by atoms with E-state index in [4.69, 9.17) is 0 Å². The average Bonchev–Trinajstić information content (AvgIpc) is 2.52. The topological polar surface area (TPSA) is 68.6 Å². The lowest BCUT2D eigenvalue weighted by molar-refractivity contribution is -0.182. The number of hydrogen-bond acceptors (Lipinski definition) is 4. The van der Waals surface area contributed by atoms with Gasteiger partial charge >= 0.3 is 12.1 Å². The van der Waals surface area contributed by atoms with Crippen molar-refractivity contribution in [2.24, 2.45) is 10.3 Å². The van der Waals surface area contributed by atoms with Gasteiger partial charge in [-0.1, -0.05) is 6.07 Å². The quantitative estimate of drug-likeness (QED) is 0.522. The van der Waals surface area contributed by atoms with E-state index in [1.54, 1.807) is 32.9 Å².